The van der Waals surface area contributed by atoms with Crippen molar-refractivity contribution in [1.29, 1.82) is 0 Å². The molecule has 0 bridgehead atoms. The van der Waals surface area contributed by atoms with Gasteiger partial charge in [-0.15, -0.1) is 0 Å². The van der Waals surface area contributed by atoms with Crippen molar-refractivity contribution in [2.45, 2.75) is 33.4 Å². The van der Waals surface area contributed by atoms with Gasteiger partial charge in [0, 0.05) is 43.6 Å². The first-order valence-electron chi connectivity index (χ1n) is 10.4. The summed E-state index contributed by atoms with van der Waals surface area (Å²) in [5.41, 5.74) is 0.506. The van der Waals surface area contributed by atoms with E-state index < -0.39 is 6.03 Å². The van der Waals surface area contributed by atoms with Crippen LogP contribution in [0.4, 0.5) is 10.5 Å². The van der Waals surface area contributed by atoms with E-state index in [2.05, 4.69) is 5.32 Å². The van der Waals surface area contributed by atoms with Crippen LogP contribution in [0.25, 0.3) is 0 Å². The third-order valence-corrected chi connectivity index (χ3v) is 4.85. The summed E-state index contributed by atoms with van der Waals surface area (Å²) in [6.07, 6.45) is 0. The molecule has 9 heteroatoms. The normalized spacial score (nSPS) is 10.7. The van der Waals surface area contributed by atoms with Crippen molar-refractivity contribution in [3.8, 4) is 11.5 Å². The Hall–Kier alpha value is -3.20. The Balaban J connectivity index is 2.13. The van der Waals surface area contributed by atoms with E-state index in [1.165, 1.54) is 19.1 Å². The van der Waals surface area contributed by atoms with Crippen LogP contribution < -0.4 is 14.8 Å². The van der Waals surface area contributed by atoms with Crippen molar-refractivity contribution in [3.05, 3.63) is 41.9 Å². The lowest BCUT2D eigenvalue weighted by atomic mass is 10.2. The quantitative estimate of drug-likeness (QED) is 0.567. The number of anilines is 1. The fourth-order valence-electron chi connectivity index (χ4n) is 3.06. The molecule has 2 aromatic rings. The zero-order valence-corrected chi connectivity index (χ0v) is 19.6. The lowest BCUT2D eigenvalue weighted by molar-refractivity contribution is -0.133. The summed E-state index contributed by atoms with van der Waals surface area (Å²) in [4.78, 5) is 29.2. The van der Waals surface area contributed by atoms with Crippen molar-refractivity contribution in [2.24, 2.45) is 0 Å². The molecule has 0 aliphatic rings. The molecule has 0 unspecified atom stereocenters. The second-order valence-corrected chi connectivity index (χ2v) is 7.57. The van der Waals surface area contributed by atoms with Gasteiger partial charge in [0.05, 0.1) is 27.4 Å². The summed E-state index contributed by atoms with van der Waals surface area (Å²) < 4.78 is 21.3. The highest BCUT2D eigenvalue weighted by molar-refractivity contribution is 5.93. The summed E-state index contributed by atoms with van der Waals surface area (Å²) in [5, 5.41) is 2.83. The van der Waals surface area contributed by atoms with Crippen molar-refractivity contribution >= 4 is 17.6 Å². The predicted molar refractivity (Wildman–Crippen MR) is 121 cm³/mol. The van der Waals surface area contributed by atoms with E-state index in [1.807, 2.05) is 32.9 Å². The Morgan fingerprint density at radius 3 is 2.22 bits per heavy atom. The number of aryl methyl sites for hydroxylation is 1. The molecular weight excluding hydrogens is 414 g/mol. The lowest BCUT2D eigenvalue weighted by Crippen LogP contribution is -2.47. The molecular formula is C23H33N3O6. The van der Waals surface area contributed by atoms with E-state index >= 15 is 0 Å². The van der Waals surface area contributed by atoms with Gasteiger partial charge in [0.15, 0.2) is 0 Å². The van der Waals surface area contributed by atoms with Crippen LogP contribution in [0.3, 0.4) is 0 Å². The van der Waals surface area contributed by atoms with Crippen LogP contribution >= 0.6 is 0 Å². The third-order valence-electron chi connectivity index (χ3n) is 4.85. The van der Waals surface area contributed by atoms with Crippen LogP contribution in [-0.2, 0) is 16.1 Å². The number of nitrogens with zero attached hydrogens (tertiary/aromatic N) is 2. The number of benzene rings is 1. The zero-order chi connectivity index (χ0) is 23.7. The minimum absolute atomic E-state index is 0.0893. The van der Waals surface area contributed by atoms with Gasteiger partial charge >= 0.3 is 6.03 Å². The predicted octanol–water partition coefficient (Wildman–Crippen LogP) is 3.52. The number of hydrogen-bond donors (Lipinski definition) is 1. The van der Waals surface area contributed by atoms with Crippen LogP contribution in [-0.4, -0.2) is 68.8 Å². The molecule has 0 saturated carbocycles. The van der Waals surface area contributed by atoms with Gasteiger partial charge in [0.25, 0.3) is 0 Å². The summed E-state index contributed by atoms with van der Waals surface area (Å²) in [7, 11) is 4.65. The fraction of sp³-hybridized carbons (Fsp3) is 0.478. The molecule has 0 aliphatic carbocycles. The molecule has 9 nitrogen and oxygen atoms in total. The summed E-state index contributed by atoms with van der Waals surface area (Å²) in [6, 6.07) is 8.17. The van der Waals surface area contributed by atoms with Gasteiger partial charge in [0.1, 0.15) is 29.6 Å². The van der Waals surface area contributed by atoms with Crippen LogP contribution in [0.5, 0.6) is 11.5 Å². The Kier molecular flexibility index (Phi) is 9.39. The number of carbonyl (C=O) groups excluding carboxylic acids is 2. The molecule has 0 spiro atoms. The standard InChI is InChI=1S/C23H33N3O6/c1-16(2)26(23(28)24-18-11-20(30-5)13-21(12-18)31-6)15-22(27)25(9-10-29-4)14-19-8-7-17(3)32-19/h7-8,11-13,16H,9-10,14-15H2,1-6H3,(H,24,28). The number of carbonyl (C=O) groups is 2. The molecule has 0 saturated heterocycles. The molecule has 0 aliphatic heterocycles. The smallest absolute Gasteiger partial charge is 0.322 e. The first-order valence-corrected chi connectivity index (χ1v) is 10.4. The Bertz CT molecular complexity index is 873. The summed E-state index contributed by atoms with van der Waals surface area (Å²) in [6.45, 7) is 6.54. The molecule has 0 fully saturated rings. The number of methoxy groups -OCH3 is 3. The first-order chi connectivity index (χ1) is 15.3. The first kappa shape index (κ1) is 25.1. The number of rotatable bonds is 11. The third kappa shape index (κ3) is 7.19. The average Bonchev–Trinajstić information content (AvgIpc) is 3.18. The van der Waals surface area contributed by atoms with Crippen LogP contribution in [0, 0.1) is 6.92 Å². The summed E-state index contributed by atoms with van der Waals surface area (Å²) in [5.74, 6) is 2.34. The second-order valence-electron chi connectivity index (χ2n) is 7.57. The van der Waals surface area contributed by atoms with Crippen molar-refractivity contribution in [3.63, 3.8) is 0 Å². The maximum Gasteiger partial charge on any atom is 0.322 e. The maximum atomic E-state index is 13.1. The number of hydrogen-bond acceptors (Lipinski definition) is 6. The number of furan rings is 1. The second kappa shape index (κ2) is 12.0. The average molecular weight is 448 g/mol. The maximum absolute atomic E-state index is 13.1. The SMILES string of the molecule is COCCN(Cc1ccc(C)o1)C(=O)CN(C(=O)Nc1cc(OC)cc(OC)c1)C(C)C. The van der Waals surface area contributed by atoms with E-state index in [0.29, 0.717) is 42.6 Å². The highest BCUT2D eigenvalue weighted by Gasteiger charge is 2.24. The van der Waals surface area contributed by atoms with Gasteiger partial charge in [-0.1, -0.05) is 0 Å². The highest BCUT2D eigenvalue weighted by Crippen LogP contribution is 2.26. The molecule has 1 N–H and O–H groups in total. The summed E-state index contributed by atoms with van der Waals surface area (Å²) >= 11 is 0. The number of ether oxygens (including phenoxy) is 3. The minimum Gasteiger partial charge on any atom is -0.497 e. The van der Waals surface area contributed by atoms with Crippen LogP contribution in [0.15, 0.2) is 34.7 Å². The van der Waals surface area contributed by atoms with Gasteiger partial charge in [-0.25, -0.2) is 4.79 Å². The molecule has 0 atom stereocenters. The van der Waals surface area contributed by atoms with Crippen molar-refractivity contribution in [1.82, 2.24) is 9.80 Å². The van der Waals surface area contributed by atoms with Gasteiger partial charge < -0.3 is 33.7 Å². The number of amides is 3. The van der Waals surface area contributed by atoms with Gasteiger partial charge in [-0.2, -0.15) is 0 Å². The van der Waals surface area contributed by atoms with Gasteiger partial charge in [-0.05, 0) is 32.9 Å². The molecule has 176 valence electrons. The molecule has 0 radical (unpaired) electrons. The van der Waals surface area contributed by atoms with E-state index in [-0.39, 0.29) is 18.5 Å². The Morgan fingerprint density at radius 1 is 1.06 bits per heavy atom. The largest absolute Gasteiger partial charge is 0.497 e. The molecule has 1 heterocycles. The highest BCUT2D eigenvalue weighted by atomic mass is 16.5. The topological polar surface area (TPSA) is 93.5 Å². The van der Waals surface area contributed by atoms with Crippen molar-refractivity contribution in [2.75, 3.05) is 46.3 Å². The fourth-order valence-corrected chi connectivity index (χ4v) is 3.06. The zero-order valence-electron chi connectivity index (χ0n) is 19.6. The van der Waals surface area contributed by atoms with Crippen molar-refractivity contribution < 1.29 is 28.2 Å². The van der Waals surface area contributed by atoms with Crippen LogP contribution in [0.1, 0.15) is 25.4 Å². The van der Waals surface area contributed by atoms with E-state index in [0.717, 1.165) is 5.76 Å². The molecule has 32 heavy (non-hydrogen) atoms. The number of urea groups is 1. The lowest BCUT2D eigenvalue weighted by Gasteiger charge is -2.30. The molecule has 3 amide bonds. The minimum atomic E-state index is -0.399. The van der Waals surface area contributed by atoms with E-state index in [1.54, 1.807) is 30.2 Å². The van der Waals surface area contributed by atoms with Gasteiger partial charge in [-0.3, -0.25) is 4.79 Å². The Morgan fingerprint density at radius 2 is 1.72 bits per heavy atom. The molecule has 1 aromatic carbocycles. The molecule has 1 aromatic heterocycles. The van der Waals surface area contributed by atoms with E-state index in [4.69, 9.17) is 18.6 Å². The molecule has 2 rings (SSSR count). The number of nitrogens with one attached hydrogen (secondary N) is 1. The monoisotopic (exact) mass is 447 g/mol. The van der Waals surface area contributed by atoms with Crippen LogP contribution in [0.2, 0.25) is 0 Å². The Labute approximate surface area is 189 Å². The van der Waals surface area contributed by atoms with E-state index in [9.17, 15) is 9.59 Å². The van der Waals surface area contributed by atoms with Gasteiger partial charge in [0.2, 0.25) is 5.91 Å².